The van der Waals surface area contributed by atoms with E-state index in [1.165, 1.54) is 50.1 Å². The smallest absolute Gasteiger partial charge is 0.164 e. The van der Waals surface area contributed by atoms with E-state index >= 15 is 0 Å². The summed E-state index contributed by atoms with van der Waals surface area (Å²) < 4.78 is 0. The van der Waals surface area contributed by atoms with E-state index in [1.807, 2.05) is 60.7 Å². The van der Waals surface area contributed by atoms with E-state index in [1.54, 1.807) is 0 Å². The lowest BCUT2D eigenvalue weighted by atomic mass is 9.90. The number of rotatable bonds is 6. The maximum absolute atomic E-state index is 5.02. The van der Waals surface area contributed by atoms with Crippen LogP contribution >= 0.6 is 0 Å². The minimum atomic E-state index is 0.655. The Balaban J connectivity index is 1.18. The molecule has 1 heterocycles. The van der Waals surface area contributed by atoms with E-state index in [0.29, 0.717) is 17.5 Å². The van der Waals surface area contributed by atoms with Crippen LogP contribution in [0.3, 0.4) is 0 Å². The second-order valence-electron chi connectivity index (χ2n) is 12.4. The third kappa shape index (κ3) is 5.52. The van der Waals surface area contributed by atoms with Crippen molar-refractivity contribution in [2.75, 3.05) is 0 Å². The van der Waals surface area contributed by atoms with Gasteiger partial charge in [0.1, 0.15) is 0 Å². The van der Waals surface area contributed by atoms with Crippen molar-refractivity contribution < 1.29 is 0 Å². The van der Waals surface area contributed by atoms with Gasteiger partial charge in [-0.15, -0.1) is 0 Å². The third-order valence-electron chi connectivity index (χ3n) is 9.38. The van der Waals surface area contributed by atoms with E-state index in [-0.39, 0.29) is 0 Å². The average molecular weight is 626 g/mol. The number of benzene rings is 7. The highest BCUT2D eigenvalue weighted by Gasteiger charge is 2.23. The first-order chi connectivity index (χ1) is 24.3. The van der Waals surface area contributed by atoms with E-state index in [0.717, 1.165) is 28.7 Å². The molecule has 0 unspecified atom stereocenters. The van der Waals surface area contributed by atoms with E-state index in [2.05, 4.69) is 115 Å². The summed E-state index contributed by atoms with van der Waals surface area (Å²) in [6.45, 7) is 0. The standard InChI is InChI=1S/C46H31N3/c1-4-13-31(14-5-1)32-23-25-33(26-24-32)39-29-41(43-28-37-19-10-11-22-40(37)42(43)30-39)36-20-12-21-38(27-36)46-48-44(34-15-6-2-7-16-34)47-45(49-46)35-17-8-3-9-18-35/h1-27,29-30H,28H2. The Morgan fingerprint density at radius 1 is 0.286 bits per heavy atom. The molecule has 0 saturated carbocycles. The fraction of sp³-hybridized carbons (Fsp3) is 0.0217. The molecule has 230 valence electrons. The van der Waals surface area contributed by atoms with Gasteiger partial charge in [-0.25, -0.2) is 15.0 Å². The summed E-state index contributed by atoms with van der Waals surface area (Å²) in [6.07, 6.45) is 0.903. The lowest BCUT2D eigenvalue weighted by molar-refractivity contribution is 1.07. The van der Waals surface area contributed by atoms with Gasteiger partial charge >= 0.3 is 0 Å². The van der Waals surface area contributed by atoms with Crippen LogP contribution in [0.5, 0.6) is 0 Å². The Hall–Kier alpha value is -6.45. The van der Waals surface area contributed by atoms with Crippen LogP contribution < -0.4 is 0 Å². The molecule has 1 aliphatic carbocycles. The molecule has 0 amide bonds. The summed E-state index contributed by atoms with van der Waals surface area (Å²) in [7, 11) is 0. The highest BCUT2D eigenvalue weighted by Crippen LogP contribution is 2.45. The number of hydrogen-bond donors (Lipinski definition) is 0. The zero-order valence-corrected chi connectivity index (χ0v) is 26.8. The van der Waals surface area contributed by atoms with Gasteiger partial charge in [0, 0.05) is 16.7 Å². The first kappa shape index (κ1) is 28.7. The van der Waals surface area contributed by atoms with Crippen molar-refractivity contribution in [3.63, 3.8) is 0 Å². The molecule has 0 bridgehead atoms. The molecule has 0 radical (unpaired) electrons. The quantitative estimate of drug-likeness (QED) is 0.185. The van der Waals surface area contributed by atoms with E-state index in [4.69, 9.17) is 15.0 Å². The molecule has 49 heavy (non-hydrogen) atoms. The van der Waals surface area contributed by atoms with Gasteiger partial charge in [0.15, 0.2) is 17.5 Å². The van der Waals surface area contributed by atoms with Crippen molar-refractivity contribution >= 4 is 0 Å². The Morgan fingerprint density at radius 3 is 1.37 bits per heavy atom. The third-order valence-corrected chi connectivity index (χ3v) is 9.38. The second-order valence-corrected chi connectivity index (χ2v) is 12.4. The second kappa shape index (κ2) is 12.3. The van der Waals surface area contributed by atoms with Crippen molar-refractivity contribution in [3.05, 3.63) is 187 Å². The van der Waals surface area contributed by atoms with Gasteiger partial charge in [0.25, 0.3) is 0 Å². The summed E-state index contributed by atoms with van der Waals surface area (Å²) >= 11 is 0. The van der Waals surface area contributed by atoms with Crippen LogP contribution in [0.15, 0.2) is 176 Å². The van der Waals surface area contributed by atoms with Gasteiger partial charge in [-0.2, -0.15) is 0 Å². The molecule has 1 aromatic heterocycles. The highest BCUT2D eigenvalue weighted by molar-refractivity contribution is 5.90. The first-order valence-electron chi connectivity index (χ1n) is 16.7. The Morgan fingerprint density at radius 2 is 0.735 bits per heavy atom. The maximum atomic E-state index is 5.02. The van der Waals surface area contributed by atoms with Crippen LogP contribution in [0.1, 0.15) is 11.1 Å². The lowest BCUT2D eigenvalue weighted by Crippen LogP contribution is -2.00. The number of aromatic nitrogens is 3. The molecule has 0 saturated heterocycles. The lowest BCUT2D eigenvalue weighted by Gasteiger charge is -2.15. The summed E-state index contributed by atoms with van der Waals surface area (Å²) in [5.74, 6) is 1.97. The topological polar surface area (TPSA) is 38.7 Å². The molecule has 3 nitrogen and oxygen atoms in total. The van der Waals surface area contributed by atoms with Crippen molar-refractivity contribution in [3.8, 4) is 78.7 Å². The molecule has 0 fully saturated rings. The summed E-state index contributed by atoms with van der Waals surface area (Å²) in [5.41, 5.74) is 15.4. The molecule has 8 aromatic rings. The van der Waals surface area contributed by atoms with E-state index in [9.17, 15) is 0 Å². The predicted octanol–water partition coefficient (Wildman–Crippen LogP) is 11.4. The van der Waals surface area contributed by atoms with Gasteiger partial charge in [-0.1, -0.05) is 158 Å². The maximum Gasteiger partial charge on any atom is 0.164 e. The Bertz CT molecular complexity index is 2380. The van der Waals surface area contributed by atoms with Crippen LogP contribution in [-0.4, -0.2) is 15.0 Å². The molecule has 9 rings (SSSR count). The molecule has 0 atom stereocenters. The summed E-state index contributed by atoms with van der Waals surface area (Å²) in [6, 6.07) is 61.9. The predicted molar refractivity (Wildman–Crippen MR) is 201 cm³/mol. The Kier molecular flexibility index (Phi) is 7.21. The van der Waals surface area contributed by atoms with Gasteiger partial charge in [-0.05, 0) is 80.3 Å². The number of fused-ring (bicyclic) bond motifs is 3. The SMILES string of the molecule is c1ccc(-c2ccc(-c3cc(-c4cccc(-c5nc(-c6ccccc6)nc(-c6ccccc6)n5)c4)c4c(c3)-c3ccccc3C4)cc2)cc1. The minimum absolute atomic E-state index is 0.655. The molecule has 0 aliphatic heterocycles. The minimum Gasteiger partial charge on any atom is -0.208 e. The van der Waals surface area contributed by atoms with Crippen LogP contribution in [0.25, 0.3) is 78.7 Å². The zero-order valence-electron chi connectivity index (χ0n) is 26.8. The normalized spacial score (nSPS) is 11.6. The number of nitrogens with zero attached hydrogens (tertiary/aromatic N) is 3. The van der Waals surface area contributed by atoms with Crippen molar-refractivity contribution in [1.82, 2.24) is 15.0 Å². The molecule has 0 spiro atoms. The first-order valence-corrected chi connectivity index (χ1v) is 16.7. The molecule has 3 heteroatoms. The number of hydrogen-bond acceptors (Lipinski definition) is 3. The zero-order chi connectivity index (χ0) is 32.6. The monoisotopic (exact) mass is 625 g/mol. The fourth-order valence-corrected chi connectivity index (χ4v) is 6.90. The fourth-order valence-electron chi connectivity index (χ4n) is 6.90. The molecule has 1 aliphatic rings. The highest BCUT2D eigenvalue weighted by atomic mass is 15.0. The van der Waals surface area contributed by atoms with E-state index < -0.39 is 0 Å². The van der Waals surface area contributed by atoms with Gasteiger partial charge in [0.05, 0.1) is 0 Å². The van der Waals surface area contributed by atoms with Gasteiger partial charge in [-0.3, -0.25) is 0 Å². The molecule has 0 N–H and O–H groups in total. The van der Waals surface area contributed by atoms with Crippen LogP contribution in [0, 0.1) is 0 Å². The van der Waals surface area contributed by atoms with Crippen LogP contribution in [-0.2, 0) is 6.42 Å². The van der Waals surface area contributed by atoms with Crippen molar-refractivity contribution in [2.24, 2.45) is 0 Å². The largest absolute Gasteiger partial charge is 0.208 e. The molecular weight excluding hydrogens is 595 g/mol. The van der Waals surface area contributed by atoms with Crippen molar-refractivity contribution in [2.45, 2.75) is 6.42 Å². The summed E-state index contributed by atoms with van der Waals surface area (Å²) in [5, 5.41) is 0. The summed E-state index contributed by atoms with van der Waals surface area (Å²) in [4.78, 5) is 14.9. The molecule has 7 aromatic carbocycles. The molecular formula is C46H31N3. The van der Waals surface area contributed by atoms with Crippen LogP contribution in [0.2, 0.25) is 0 Å². The Labute approximate surface area is 286 Å². The van der Waals surface area contributed by atoms with Crippen LogP contribution in [0.4, 0.5) is 0 Å². The van der Waals surface area contributed by atoms with Gasteiger partial charge < -0.3 is 0 Å². The van der Waals surface area contributed by atoms with Crippen molar-refractivity contribution in [1.29, 1.82) is 0 Å². The van der Waals surface area contributed by atoms with Gasteiger partial charge in [0.2, 0.25) is 0 Å². The average Bonchev–Trinajstić information content (AvgIpc) is 3.57.